The van der Waals surface area contributed by atoms with Crippen LogP contribution in [-0.2, 0) is 22.4 Å². The number of nitrogens with one attached hydrogen (secondary N) is 1. The fourth-order valence-corrected chi connectivity index (χ4v) is 6.76. The van der Waals surface area contributed by atoms with Gasteiger partial charge in [-0.1, -0.05) is 69.2 Å². The monoisotopic (exact) mass is 507 g/mol. The standard InChI is InChI=1S/C30H41N3O4/c31-27(34)16-13-21-11-4-5-12-22(21)18-23-25-14-15-26(37-25)28(23)30-33-24(19-36-30)29(35)32-17-7-6-10-20-8-2-1-3-9-20/h4-5,11-12,19-20,23,25-26,28H,1-3,6-10,13-18H2,(H2,31,34)(H,32,35)/t23-,25-,26+,28-/m0/s1. The summed E-state index contributed by atoms with van der Waals surface area (Å²) in [6, 6.07) is 8.24. The quantitative estimate of drug-likeness (QED) is 0.390. The molecule has 0 spiro atoms. The second kappa shape index (κ2) is 12.2. The van der Waals surface area contributed by atoms with E-state index in [1.807, 2.05) is 12.1 Å². The minimum absolute atomic E-state index is 0.0278. The van der Waals surface area contributed by atoms with E-state index in [1.165, 1.54) is 56.8 Å². The van der Waals surface area contributed by atoms with Crippen LogP contribution in [0.2, 0.25) is 0 Å². The molecule has 3 N–H and O–H groups in total. The number of fused-ring (bicyclic) bond motifs is 2. The van der Waals surface area contributed by atoms with Crippen LogP contribution < -0.4 is 11.1 Å². The zero-order valence-corrected chi connectivity index (χ0v) is 21.8. The molecule has 1 aromatic carbocycles. The number of hydrogen-bond donors (Lipinski definition) is 2. The van der Waals surface area contributed by atoms with Gasteiger partial charge in [-0.3, -0.25) is 9.59 Å². The normalized spacial score (nSPS) is 25.4. The molecule has 2 saturated heterocycles. The number of unbranched alkanes of at least 4 members (excludes halogenated alkanes) is 1. The fraction of sp³-hybridized carbons (Fsp3) is 0.633. The Morgan fingerprint density at radius 1 is 1.00 bits per heavy atom. The number of aryl methyl sites for hydroxylation is 1. The van der Waals surface area contributed by atoms with Gasteiger partial charge in [0.15, 0.2) is 5.69 Å². The predicted molar refractivity (Wildman–Crippen MR) is 141 cm³/mol. The Kier molecular flexibility index (Phi) is 8.59. The van der Waals surface area contributed by atoms with Crippen molar-refractivity contribution in [3.8, 4) is 0 Å². The highest BCUT2D eigenvalue weighted by molar-refractivity contribution is 5.91. The third kappa shape index (κ3) is 6.43. The molecule has 3 aliphatic rings. The first-order valence-corrected chi connectivity index (χ1v) is 14.3. The largest absolute Gasteiger partial charge is 0.448 e. The number of hydrogen-bond acceptors (Lipinski definition) is 5. The highest BCUT2D eigenvalue weighted by Crippen LogP contribution is 2.50. The summed E-state index contributed by atoms with van der Waals surface area (Å²) in [4.78, 5) is 28.7. The lowest BCUT2D eigenvalue weighted by atomic mass is 9.75. The van der Waals surface area contributed by atoms with Crippen LogP contribution >= 0.6 is 0 Å². The van der Waals surface area contributed by atoms with Crippen LogP contribution in [0.15, 0.2) is 34.9 Å². The molecule has 7 heteroatoms. The minimum atomic E-state index is -0.286. The third-order valence-electron chi connectivity index (χ3n) is 8.73. The summed E-state index contributed by atoms with van der Waals surface area (Å²) in [5, 5.41) is 3.03. The Morgan fingerprint density at radius 3 is 2.59 bits per heavy atom. The van der Waals surface area contributed by atoms with Crippen LogP contribution in [0.4, 0.5) is 0 Å². The molecule has 3 heterocycles. The Labute approximate surface area is 219 Å². The van der Waals surface area contributed by atoms with Crippen molar-refractivity contribution in [2.45, 2.75) is 102 Å². The molecule has 0 radical (unpaired) electrons. The molecule has 3 fully saturated rings. The van der Waals surface area contributed by atoms with E-state index >= 15 is 0 Å². The first kappa shape index (κ1) is 26.0. The zero-order chi connectivity index (χ0) is 25.6. The summed E-state index contributed by atoms with van der Waals surface area (Å²) in [7, 11) is 0. The van der Waals surface area contributed by atoms with E-state index in [4.69, 9.17) is 14.9 Å². The molecule has 200 valence electrons. The molecule has 1 saturated carbocycles. The van der Waals surface area contributed by atoms with Crippen LogP contribution in [0.1, 0.15) is 104 Å². The van der Waals surface area contributed by atoms with Gasteiger partial charge in [0, 0.05) is 18.9 Å². The van der Waals surface area contributed by atoms with Gasteiger partial charge in [-0.15, -0.1) is 0 Å². The van der Waals surface area contributed by atoms with Gasteiger partial charge >= 0.3 is 0 Å². The summed E-state index contributed by atoms with van der Waals surface area (Å²) in [5.74, 6) is 1.29. The number of oxazole rings is 1. The summed E-state index contributed by atoms with van der Waals surface area (Å²) in [6.07, 6.45) is 15.9. The van der Waals surface area contributed by atoms with Crippen LogP contribution in [0.25, 0.3) is 0 Å². The fourth-order valence-electron chi connectivity index (χ4n) is 6.76. The third-order valence-corrected chi connectivity index (χ3v) is 8.73. The Hall–Kier alpha value is -2.67. The highest BCUT2D eigenvalue weighted by Gasteiger charge is 2.51. The number of carbonyl (C=O) groups is 2. The van der Waals surface area contributed by atoms with E-state index in [1.54, 1.807) is 0 Å². The molecular weight excluding hydrogens is 466 g/mol. The van der Waals surface area contributed by atoms with Crippen molar-refractivity contribution in [3.05, 3.63) is 53.2 Å². The number of rotatable bonds is 12. The number of nitrogens with zero attached hydrogens (tertiary/aromatic N) is 1. The van der Waals surface area contributed by atoms with Gasteiger partial charge in [-0.25, -0.2) is 4.98 Å². The molecule has 2 amide bonds. The van der Waals surface area contributed by atoms with Crippen LogP contribution in [-0.4, -0.2) is 35.6 Å². The molecule has 2 bridgehead atoms. The van der Waals surface area contributed by atoms with Crippen LogP contribution in [0, 0.1) is 11.8 Å². The van der Waals surface area contributed by atoms with Gasteiger partial charge in [-0.05, 0) is 49.1 Å². The number of aromatic nitrogens is 1. The highest BCUT2D eigenvalue weighted by atomic mass is 16.5. The van der Waals surface area contributed by atoms with E-state index < -0.39 is 0 Å². The molecule has 0 unspecified atom stereocenters. The first-order chi connectivity index (χ1) is 18.1. The predicted octanol–water partition coefficient (Wildman–Crippen LogP) is 5.08. The van der Waals surface area contributed by atoms with Crippen LogP contribution in [0.5, 0.6) is 0 Å². The molecule has 2 aliphatic heterocycles. The SMILES string of the molecule is NC(=O)CCc1ccccc1C[C@@H]1[C@H](c2nc(C(=O)NCCCCC3CCCCC3)co2)[C@H]2CC[C@@H]1O2. The molecule has 2 aromatic rings. The molecule has 4 atom stereocenters. The number of nitrogens with two attached hydrogens (primary N) is 1. The second-order valence-electron chi connectivity index (χ2n) is 11.2. The molecule has 37 heavy (non-hydrogen) atoms. The maximum atomic E-state index is 12.7. The summed E-state index contributed by atoms with van der Waals surface area (Å²) >= 11 is 0. The number of ether oxygens (including phenoxy) is 1. The number of amides is 2. The lowest BCUT2D eigenvalue weighted by Gasteiger charge is -2.26. The number of carbonyl (C=O) groups excluding carboxylic acids is 2. The van der Waals surface area contributed by atoms with Gasteiger partial charge in [0.05, 0.1) is 18.1 Å². The molecule has 7 nitrogen and oxygen atoms in total. The van der Waals surface area contributed by atoms with Crippen molar-refractivity contribution >= 4 is 11.8 Å². The summed E-state index contributed by atoms with van der Waals surface area (Å²) in [5.41, 5.74) is 8.11. The Balaban J connectivity index is 1.17. The van der Waals surface area contributed by atoms with Crippen molar-refractivity contribution in [3.63, 3.8) is 0 Å². The van der Waals surface area contributed by atoms with Crippen molar-refractivity contribution in [1.82, 2.24) is 10.3 Å². The van der Waals surface area contributed by atoms with Crippen LogP contribution in [0.3, 0.4) is 0 Å². The van der Waals surface area contributed by atoms with Crippen molar-refractivity contribution in [2.24, 2.45) is 17.6 Å². The van der Waals surface area contributed by atoms with Crippen molar-refractivity contribution < 1.29 is 18.7 Å². The zero-order valence-electron chi connectivity index (χ0n) is 21.8. The maximum Gasteiger partial charge on any atom is 0.273 e. The molecule has 5 rings (SSSR count). The number of benzene rings is 1. The summed E-state index contributed by atoms with van der Waals surface area (Å²) in [6.45, 7) is 0.676. The van der Waals surface area contributed by atoms with Gasteiger partial charge in [0.1, 0.15) is 6.26 Å². The lowest BCUT2D eigenvalue weighted by molar-refractivity contribution is -0.118. The lowest BCUT2D eigenvalue weighted by Crippen LogP contribution is -2.28. The van der Waals surface area contributed by atoms with Gasteiger partial charge in [-0.2, -0.15) is 0 Å². The Morgan fingerprint density at radius 2 is 1.78 bits per heavy atom. The smallest absolute Gasteiger partial charge is 0.273 e. The minimum Gasteiger partial charge on any atom is -0.448 e. The molecule has 1 aromatic heterocycles. The van der Waals surface area contributed by atoms with Crippen molar-refractivity contribution in [2.75, 3.05) is 6.54 Å². The van der Waals surface area contributed by atoms with Gasteiger partial charge < -0.3 is 20.2 Å². The summed E-state index contributed by atoms with van der Waals surface area (Å²) < 4.78 is 12.2. The van der Waals surface area contributed by atoms with E-state index in [9.17, 15) is 9.59 Å². The van der Waals surface area contributed by atoms with Gasteiger partial charge in [0.2, 0.25) is 11.8 Å². The average molecular weight is 508 g/mol. The number of primary amides is 1. The topological polar surface area (TPSA) is 107 Å². The average Bonchev–Trinajstić information content (AvgIpc) is 3.65. The van der Waals surface area contributed by atoms with Crippen molar-refractivity contribution in [1.29, 1.82) is 0 Å². The van der Waals surface area contributed by atoms with Gasteiger partial charge in [0.25, 0.3) is 5.91 Å². The molecule has 1 aliphatic carbocycles. The first-order valence-electron chi connectivity index (χ1n) is 14.3. The van der Waals surface area contributed by atoms with E-state index in [2.05, 4.69) is 22.4 Å². The van der Waals surface area contributed by atoms with E-state index in [0.29, 0.717) is 31.0 Å². The second-order valence-corrected chi connectivity index (χ2v) is 11.2. The van der Waals surface area contributed by atoms with E-state index in [-0.39, 0.29) is 35.9 Å². The maximum absolute atomic E-state index is 12.7. The Bertz CT molecular complexity index is 1060. The molecular formula is C30H41N3O4. The van der Waals surface area contributed by atoms with E-state index in [0.717, 1.165) is 37.2 Å².